The first-order chi connectivity index (χ1) is 16.9. The van der Waals surface area contributed by atoms with Gasteiger partial charge in [-0.25, -0.2) is 18.0 Å². The number of hydrogen-bond donors (Lipinski definition) is 1. The highest BCUT2D eigenvalue weighted by Gasteiger charge is 2.24. The Morgan fingerprint density at radius 3 is 1.91 bits per heavy atom. The average molecular weight is 483 g/mol. The molecule has 0 aliphatic rings. The zero-order chi connectivity index (χ0) is 24.4. The number of hydrogen-bond acceptors (Lipinski definition) is 5. The summed E-state index contributed by atoms with van der Waals surface area (Å²) in [6.45, 7) is 0. The molecule has 7 nitrogen and oxygen atoms in total. The minimum atomic E-state index is -3.84. The van der Waals surface area contributed by atoms with E-state index in [4.69, 9.17) is 4.98 Å². The van der Waals surface area contributed by atoms with Crippen LogP contribution < -0.4 is 14.2 Å². The number of fused-ring (bicyclic) bond motifs is 1. The number of para-hydroxylation sites is 2. The van der Waals surface area contributed by atoms with Crippen LogP contribution in [-0.4, -0.2) is 32.5 Å². The molecule has 0 aliphatic heterocycles. The molecule has 0 fully saturated rings. The Morgan fingerprint density at radius 1 is 0.714 bits per heavy atom. The van der Waals surface area contributed by atoms with Gasteiger partial charge >= 0.3 is 5.82 Å². The molecule has 0 bridgehead atoms. The summed E-state index contributed by atoms with van der Waals surface area (Å²) < 4.78 is 30.5. The van der Waals surface area contributed by atoms with Crippen molar-refractivity contribution in [3.8, 4) is 16.9 Å². The number of rotatable bonds is 6. The SMILES string of the molecule is CN(C)c1ccc(-c2cc[n+](-c3nc4ccccc4nc3NS(=O)(=O)c3ccccc3)cc2)cc1. The van der Waals surface area contributed by atoms with Gasteiger partial charge in [0, 0.05) is 19.8 Å². The monoisotopic (exact) mass is 482 g/mol. The average Bonchev–Trinajstić information content (AvgIpc) is 2.89. The third-order valence-electron chi connectivity index (χ3n) is 5.63. The molecule has 0 unspecified atom stereocenters. The molecule has 0 atom stereocenters. The molecule has 0 radical (unpaired) electrons. The molecule has 0 amide bonds. The molecule has 35 heavy (non-hydrogen) atoms. The molecule has 8 heteroatoms. The normalized spacial score (nSPS) is 11.4. The molecule has 174 valence electrons. The van der Waals surface area contributed by atoms with E-state index in [0.29, 0.717) is 16.9 Å². The Balaban J connectivity index is 1.55. The second kappa shape index (κ2) is 9.15. The predicted molar refractivity (Wildman–Crippen MR) is 138 cm³/mol. The van der Waals surface area contributed by atoms with E-state index in [0.717, 1.165) is 16.8 Å². The van der Waals surface area contributed by atoms with Crippen molar-refractivity contribution in [2.75, 3.05) is 23.7 Å². The summed E-state index contributed by atoms with van der Waals surface area (Å²) in [7, 11) is 0.173. The topological polar surface area (TPSA) is 79.1 Å². The van der Waals surface area contributed by atoms with Gasteiger partial charge in [0.2, 0.25) is 11.3 Å². The molecule has 3 aromatic carbocycles. The van der Waals surface area contributed by atoms with Gasteiger partial charge in [-0.05, 0) is 64.6 Å². The van der Waals surface area contributed by atoms with Gasteiger partial charge in [0.1, 0.15) is 5.52 Å². The summed E-state index contributed by atoms with van der Waals surface area (Å²) in [6.07, 6.45) is 3.71. The molecule has 2 aromatic heterocycles. The summed E-state index contributed by atoms with van der Waals surface area (Å²) >= 11 is 0. The van der Waals surface area contributed by atoms with Crippen molar-refractivity contribution < 1.29 is 13.0 Å². The van der Waals surface area contributed by atoms with E-state index in [1.54, 1.807) is 41.0 Å². The van der Waals surface area contributed by atoms with E-state index in [1.165, 1.54) is 0 Å². The summed E-state index contributed by atoms with van der Waals surface area (Å²) in [5.74, 6) is 0.540. The molecule has 5 aromatic rings. The quantitative estimate of drug-likeness (QED) is 0.362. The first-order valence-electron chi connectivity index (χ1n) is 11.0. The number of pyridine rings is 1. The fraction of sp³-hybridized carbons (Fsp3) is 0.0741. The number of aromatic nitrogens is 3. The van der Waals surface area contributed by atoms with E-state index in [2.05, 4.69) is 38.9 Å². The summed E-state index contributed by atoms with van der Waals surface area (Å²) in [5.41, 5.74) is 4.51. The third kappa shape index (κ3) is 4.69. The van der Waals surface area contributed by atoms with E-state index < -0.39 is 10.0 Å². The highest BCUT2D eigenvalue weighted by molar-refractivity contribution is 7.92. The molecule has 1 N–H and O–H groups in total. The fourth-order valence-electron chi connectivity index (χ4n) is 3.74. The van der Waals surface area contributed by atoms with Gasteiger partial charge in [0.15, 0.2) is 0 Å². The lowest BCUT2D eigenvalue weighted by molar-refractivity contribution is -0.598. The van der Waals surface area contributed by atoms with Crippen molar-refractivity contribution >= 4 is 32.6 Å². The van der Waals surface area contributed by atoms with Crippen molar-refractivity contribution in [1.29, 1.82) is 0 Å². The van der Waals surface area contributed by atoms with Crippen LogP contribution in [0.4, 0.5) is 11.5 Å². The van der Waals surface area contributed by atoms with Crippen LogP contribution in [0.15, 0.2) is 108 Å². The first-order valence-corrected chi connectivity index (χ1v) is 12.5. The Labute approximate surface area is 204 Å². The fourth-order valence-corrected chi connectivity index (χ4v) is 4.76. The van der Waals surface area contributed by atoms with E-state index in [-0.39, 0.29) is 10.7 Å². The summed E-state index contributed by atoms with van der Waals surface area (Å²) in [4.78, 5) is 11.5. The minimum Gasteiger partial charge on any atom is -0.378 e. The largest absolute Gasteiger partial charge is 0.378 e. The molecular weight excluding hydrogens is 458 g/mol. The van der Waals surface area contributed by atoms with Gasteiger partial charge in [-0.3, -0.25) is 4.72 Å². The van der Waals surface area contributed by atoms with Crippen LogP contribution >= 0.6 is 0 Å². The van der Waals surface area contributed by atoms with E-state index in [9.17, 15) is 8.42 Å². The minimum absolute atomic E-state index is 0.153. The van der Waals surface area contributed by atoms with Crippen molar-refractivity contribution in [3.63, 3.8) is 0 Å². The number of benzene rings is 3. The highest BCUT2D eigenvalue weighted by atomic mass is 32.2. The number of nitrogens with zero attached hydrogens (tertiary/aromatic N) is 4. The summed E-state index contributed by atoms with van der Waals surface area (Å²) in [5, 5.41) is 0. The van der Waals surface area contributed by atoms with Crippen LogP contribution in [0.1, 0.15) is 0 Å². The molecule has 5 rings (SSSR count). The zero-order valence-corrected chi connectivity index (χ0v) is 20.1. The van der Waals surface area contributed by atoms with Gasteiger partial charge in [0.05, 0.1) is 17.3 Å². The van der Waals surface area contributed by atoms with Crippen LogP contribution in [0.5, 0.6) is 0 Å². The highest BCUT2D eigenvalue weighted by Crippen LogP contribution is 2.23. The maximum absolute atomic E-state index is 13.0. The predicted octanol–water partition coefficient (Wildman–Crippen LogP) is 4.44. The van der Waals surface area contributed by atoms with Gasteiger partial charge < -0.3 is 4.90 Å². The molecule has 0 spiro atoms. The van der Waals surface area contributed by atoms with E-state index >= 15 is 0 Å². The number of anilines is 2. The first kappa shape index (κ1) is 22.5. The number of sulfonamides is 1. The van der Waals surface area contributed by atoms with Crippen LogP contribution in [0.3, 0.4) is 0 Å². The lowest BCUT2D eigenvalue weighted by Gasteiger charge is -2.12. The Hall–Kier alpha value is -4.30. The molecular formula is C27H24N5O2S+. The molecule has 2 heterocycles. The lowest BCUT2D eigenvalue weighted by Crippen LogP contribution is -2.33. The van der Waals surface area contributed by atoms with Crippen LogP contribution in [0.2, 0.25) is 0 Å². The van der Waals surface area contributed by atoms with Gasteiger partial charge in [-0.1, -0.05) is 42.5 Å². The van der Waals surface area contributed by atoms with Crippen molar-refractivity contribution in [1.82, 2.24) is 9.97 Å². The summed E-state index contributed by atoms with van der Waals surface area (Å²) in [6, 6.07) is 27.8. The lowest BCUT2D eigenvalue weighted by atomic mass is 10.1. The van der Waals surface area contributed by atoms with E-state index in [1.807, 2.05) is 56.8 Å². The Kier molecular flexibility index (Phi) is 5.88. The number of nitrogens with one attached hydrogen (secondary N) is 1. The third-order valence-corrected chi connectivity index (χ3v) is 6.98. The Bertz CT molecular complexity index is 1590. The van der Waals surface area contributed by atoms with Crippen molar-refractivity contribution in [2.45, 2.75) is 4.90 Å². The molecule has 0 aliphatic carbocycles. The second-order valence-corrected chi connectivity index (χ2v) is 9.92. The smallest absolute Gasteiger partial charge is 0.372 e. The van der Waals surface area contributed by atoms with Crippen LogP contribution in [0, 0.1) is 0 Å². The standard InChI is InChI=1S/C27H24N5O2S/c1-31(2)22-14-12-20(13-15-22)21-16-18-32(19-17-21)27-26(28-24-10-6-7-11-25(24)29-27)30-35(33,34)23-8-4-3-5-9-23/h3-19H,1-2H3,(H,28,30)/q+1. The van der Waals surface area contributed by atoms with Crippen molar-refractivity contribution in [2.24, 2.45) is 0 Å². The molecule has 0 saturated carbocycles. The van der Waals surface area contributed by atoms with Crippen molar-refractivity contribution in [3.05, 3.63) is 103 Å². The van der Waals surface area contributed by atoms with Gasteiger partial charge in [0.25, 0.3) is 10.0 Å². The van der Waals surface area contributed by atoms with Gasteiger partial charge in [-0.15, -0.1) is 0 Å². The van der Waals surface area contributed by atoms with Crippen LogP contribution in [0.25, 0.3) is 28.0 Å². The Morgan fingerprint density at radius 2 is 1.29 bits per heavy atom. The molecule has 0 saturated heterocycles. The maximum Gasteiger partial charge on any atom is 0.372 e. The zero-order valence-electron chi connectivity index (χ0n) is 19.3. The second-order valence-electron chi connectivity index (χ2n) is 8.24. The van der Waals surface area contributed by atoms with Crippen LogP contribution in [-0.2, 0) is 10.0 Å². The van der Waals surface area contributed by atoms with Gasteiger partial charge in [-0.2, -0.15) is 0 Å². The maximum atomic E-state index is 13.0.